The van der Waals surface area contributed by atoms with Crippen LogP contribution >= 0.6 is 11.8 Å². The zero-order chi connectivity index (χ0) is 25.1. The number of hydrogen-bond donors (Lipinski definition) is 4. The first-order valence-corrected chi connectivity index (χ1v) is 11.9. The van der Waals surface area contributed by atoms with Crippen LogP contribution in [-0.4, -0.2) is 89.5 Å². The SMILES string of the molecule is COCC(=O)N[C@H]1CCN(C(=O)CSCC(=O)O)[C@H](C(=O)N[C@H](Cc2ccccc2)C(N)=O)C1. The first-order valence-electron chi connectivity index (χ1n) is 10.7. The highest BCUT2D eigenvalue weighted by atomic mass is 32.2. The standard InChI is InChI=1S/C22H30N4O7S/c1-33-11-18(27)24-15-7-8-26(19(28)12-34-13-20(29)30)17(10-15)22(32)25-16(21(23)31)9-14-5-3-2-4-6-14/h2-6,15-17H,7-13H2,1H3,(H2,23,31)(H,24,27)(H,25,32)(H,29,30)/t15-,16+,17-/m0/s1. The molecule has 0 saturated carbocycles. The molecule has 186 valence electrons. The molecule has 4 amide bonds. The number of rotatable bonds is 12. The van der Waals surface area contributed by atoms with Gasteiger partial charge in [-0.1, -0.05) is 30.3 Å². The normalized spacial score (nSPS) is 18.6. The molecule has 11 nitrogen and oxygen atoms in total. The second kappa shape index (κ2) is 13.6. The monoisotopic (exact) mass is 494 g/mol. The summed E-state index contributed by atoms with van der Waals surface area (Å²) in [5.74, 6) is -3.42. The molecule has 1 aromatic rings. The van der Waals surface area contributed by atoms with Crippen LogP contribution in [0.4, 0.5) is 0 Å². The minimum Gasteiger partial charge on any atom is -0.481 e. The van der Waals surface area contributed by atoms with Crippen LogP contribution in [0.5, 0.6) is 0 Å². The molecule has 1 saturated heterocycles. The average molecular weight is 495 g/mol. The number of carbonyl (C=O) groups excluding carboxylic acids is 4. The van der Waals surface area contributed by atoms with Gasteiger partial charge >= 0.3 is 5.97 Å². The van der Waals surface area contributed by atoms with E-state index in [-0.39, 0.29) is 49.4 Å². The number of nitrogens with one attached hydrogen (secondary N) is 2. The van der Waals surface area contributed by atoms with Crippen molar-refractivity contribution in [1.82, 2.24) is 15.5 Å². The zero-order valence-corrected chi connectivity index (χ0v) is 19.7. The first-order chi connectivity index (χ1) is 16.2. The van der Waals surface area contributed by atoms with E-state index in [9.17, 15) is 24.0 Å². The highest BCUT2D eigenvalue weighted by Gasteiger charge is 2.37. The first kappa shape index (κ1) is 27.1. The maximum atomic E-state index is 13.2. The zero-order valence-electron chi connectivity index (χ0n) is 18.9. The number of aliphatic carboxylic acids is 1. The third kappa shape index (κ3) is 8.67. The number of nitrogens with zero attached hydrogens (tertiary/aromatic N) is 1. The number of primary amides is 1. The number of benzene rings is 1. The number of thioether (sulfide) groups is 1. The summed E-state index contributed by atoms with van der Waals surface area (Å²) in [4.78, 5) is 62.1. The van der Waals surface area contributed by atoms with Crippen molar-refractivity contribution in [1.29, 1.82) is 0 Å². The molecule has 5 N–H and O–H groups in total. The Morgan fingerprint density at radius 2 is 1.91 bits per heavy atom. The predicted molar refractivity (Wildman–Crippen MR) is 125 cm³/mol. The van der Waals surface area contributed by atoms with Crippen molar-refractivity contribution in [2.75, 3.05) is 31.8 Å². The van der Waals surface area contributed by atoms with E-state index in [4.69, 9.17) is 15.6 Å². The lowest BCUT2D eigenvalue weighted by Crippen LogP contribution is -2.60. The van der Waals surface area contributed by atoms with Crippen molar-refractivity contribution in [2.24, 2.45) is 5.73 Å². The van der Waals surface area contributed by atoms with Gasteiger partial charge in [0.05, 0.1) is 11.5 Å². The Morgan fingerprint density at radius 1 is 1.21 bits per heavy atom. The van der Waals surface area contributed by atoms with Gasteiger partial charge in [0.25, 0.3) is 0 Å². The van der Waals surface area contributed by atoms with E-state index in [0.29, 0.717) is 6.42 Å². The molecule has 1 aromatic carbocycles. The number of carbonyl (C=O) groups is 5. The minimum absolute atomic E-state index is 0.111. The Labute approximate surface area is 201 Å². The van der Waals surface area contributed by atoms with Crippen LogP contribution in [0.25, 0.3) is 0 Å². The highest BCUT2D eigenvalue weighted by Crippen LogP contribution is 2.20. The van der Waals surface area contributed by atoms with Crippen molar-refractivity contribution in [3.63, 3.8) is 0 Å². The molecule has 0 bridgehead atoms. The van der Waals surface area contributed by atoms with Gasteiger partial charge in [0, 0.05) is 26.1 Å². The largest absolute Gasteiger partial charge is 0.481 e. The topological polar surface area (TPSA) is 168 Å². The molecule has 0 unspecified atom stereocenters. The van der Waals surface area contributed by atoms with Crippen LogP contribution < -0.4 is 16.4 Å². The third-order valence-corrected chi connectivity index (χ3v) is 6.16. The Kier molecular flexibility index (Phi) is 10.8. The van der Waals surface area contributed by atoms with Crippen molar-refractivity contribution in [2.45, 2.75) is 37.4 Å². The Hall–Kier alpha value is -3.12. The Bertz CT molecular complexity index is 883. The van der Waals surface area contributed by atoms with Gasteiger partial charge in [-0.3, -0.25) is 24.0 Å². The van der Waals surface area contributed by atoms with Gasteiger partial charge in [0.1, 0.15) is 18.7 Å². The summed E-state index contributed by atoms with van der Waals surface area (Å²) in [6.07, 6.45) is 0.732. The average Bonchev–Trinajstić information content (AvgIpc) is 2.79. The molecule has 2 rings (SSSR count). The van der Waals surface area contributed by atoms with E-state index in [2.05, 4.69) is 10.6 Å². The second-order valence-electron chi connectivity index (χ2n) is 7.86. The summed E-state index contributed by atoms with van der Waals surface area (Å²) >= 11 is 0.933. The van der Waals surface area contributed by atoms with Crippen LogP contribution in [0.2, 0.25) is 0 Å². The van der Waals surface area contributed by atoms with E-state index < -0.39 is 35.8 Å². The molecule has 12 heteroatoms. The van der Waals surface area contributed by atoms with Gasteiger partial charge in [-0.15, -0.1) is 11.8 Å². The fourth-order valence-electron chi connectivity index (χ4n) is 3.69. The predicted octanol–water partition coefficient (Wildman–Crippen LogP) is -0.861. The van der Waals surface area contributed by atoms with Crippen LogP contribution in [0.1, 0.15) is 18.4 Å². The number of likely N-dealkylation sites (tertiary alicyclic amines) is 1. The maximum Gasteiger partial charge on any atom is 0.313 e. The van der Waals surface area contributed by atoms with Crippen molar-refractivity contribution in [3.05, 3.63) is 35.9 Å². The van der Waals surface area contributed by atoms with Crippen molar-refractivity contribution < 1.29 is 33.8 Å². The number of carboxylic acid groups (broad SMARTS) is 1. The van der Waals surface area contributed by atoms with E-state index in [1.54, 1.807) is 24.3 Å². The summed E-state index contributed by atoms with van der Waals surface area (Å²) in [6.45, 7) is 0.0467. The number of ether oxygens (including phenoxy) is 1. The molecule has 34 heavy (non-hydrogen) atoms. The molecule has 0 spiro atoms. The van der Waals surface area contributed by atoms with Crippen LogP contribution in [0.15, 0.2) is 30.3 Å². The summed E-state index contributed by atoms with van der Waals surface area (Å²) in [6, 6.07) is 6.72. The fraction of sp³-hybridized carbons (Fsp3) is 0.500. The molecule has 1 heterocycles. The highest BCUT2D eigenvalue weighted by molar-refractivity contribution is 8.00. The molecule has 0 aromatic heterocycles. The third-order valence-electron chi connectivity index (χ3n) is 5.26. The van der Waals surface area contributed by atoms with Crippen LogP contribution in [0.3, 0.4) is 0 Å². The molecule has 0 radical (unpaired) electrons. The number of methoxy groups -OCH3 is 1. The number of nitrogens with two attached hydrogens (primary N) is 1. The van der Waals surface area contributed by atoms with Crippen LogP contribution in [0, 0.1) is 0 Å². The van der Waals surface area contributed by atoms with Crippen molar-refractivity contribution in [3.8, 4) is 0 Å². The Balaban J connectivity index is 2.14. The quantitative estimate of drug-likeness (QED) is 0.291. The minimum atomic E-state index is -1.04. The van der Waals surface area contributed by atoms with E-state index in [1.165, 1.54) is 12.0 Å². The number of amides is 4. The van der Waals surface area contributed by atoms with E-state index >= 15 is 0 Å². The van der Waals surface area contributed by atoms with Gasteiger partial charge in [-0.05, 0) is 18.4 Å². The smallest absolute Gasteiger partial charge is 0.313 e. The summed E-state index contributed by atoms with van der Waals surface area (Å²) in [5, 5.41) is 14.2. The molecule has 3 atom stereocenters. The van der Waals surface area contributed by atoms with Crippen LogP contribution in [-0.2, 0) is 35.1 Å². The molecule has 1 aliphatic heterocycles. The van der Waals surface area contributed by atoms with E-state index in [1.807, 2.05) is 6.07 Å². The molecular formula is C22H30N4O7S. The van der Waals surface area contributed by atoms with Crippen molar-refractivity contribution >= 4 is 41.4 Å². The fourth-order valence-corrected chi connectivity index (χ4v) is 4.31. The summed E-state index contributed by atoms with van der Waals surface area (Å²) in [7, 11) is 1.39. The summed E-state index contributed by atoms with van der Waals surface area (Å²) in [5.41, 5.74) is 6.32. The molecular weight excluding hydrogens is 464 g/mol. The molecule has 1 aliphatic rings. The lowest BCUT2D eigenvalue weighted by molar-refractivity contribution is -0.142. The van der Waals surface area contributed by atoms with E-state index in [0.717, 1.165) is 17.3 Å². The van der Waals surface area contributed by atoms with Gasteiger partial charge < -0.3 is 31.1 Å². The number of piperidine rings is 1. The lowest BCUT2D eigenvalue weighted by Gasteiger charge is -2.39. The van der Waals surface area contributed by atoms with Gasteiger partial charge in [0.15, 0.2) is 0 Å². The number of carboxylic acids is 1. The molecule has 1 fully saturated rings. The second-order valence-corrected chi connectivity index (χ2v) is 8.85. The van der Waals surface area contributed by atoms with Gasteiger partial charge in [-0.2, -0.15) is 0 Å². The number of hydrogen-bond acceptors (Lipinski definition) is 7. The lowest BCUT2D eigenvalue weighted by atomic mass is 9.95. The van der Waals surface area contributed by atoms with Gasteiger partial charge in [-0.25, -0.2) is 0 Å². The van der Waals surface area contributed by atoms with Gasteiger partial charge in [0.2, 0.25) is 23.6 Å². The Morgan fingerprint density at radius 3 is 2.53 bits per heavy atom. The summed E-state index contributed by atoms with van der Waals surface area (Å²) < 4.78 is 4.82. The maximum absolute atomic E-state index is 13.2. The molecule has 0 aliphatic carbocycles.